The minimum Gasteiger partial charge on any atom is -0.448 e. The Morgan fingerprint density at radius 2 is 2.00 bits per heavy atom. The van der Waals surface area contributed by atoms with Gasteiger partial charge < -0.3 is 15.1 Å². The molecule has 0 saturated carbocycles. The highest BCUT2D eigenvalue weighted by Gasteiger charge is 2.22. The Morgan fingerprint density at radius 3 is 2.75 bits per heavy atom. The number of carbonyl (C=O) groups is 1. The summed E-state index contributed by atoms with van der Waals surface area (Å²) < 4.78 is 30.8. The van der Waals surface area contributed by atoms with Gasteiger partial charge in [0.1, 0.15) is 5.76 Å². The van der Waals surface area contributed by atoms with Crippen LogP contribution in [0.25, 0.3) is 0 Å². The molecule has 2 heterocycles. The molecule has 0 fully saturated rings. The van der Waals surface area contributed by atoms with Crippen LogP contribution in [0.4, 0.5) is 0 Å². The topological polar surface area (TPSA) is 100 Å². The van der Waals surface area contributed by atoms with Gasteiger partial charge in [0.05, 0.1) is 5.56 Å². The molecule has 1 aliphatic rings. The summed E-state index contributed by atoms with van der Waals surface area (Å²) in [5.41, 5.74) is 3.72. The molecule has 0 spiro atoms. The van der Waals surface area contributed by atoms with Gasteiger partial charge in [-0.1, -0.05) is 18.2 Å². The van der Waals surface area contributed by atoms with Crippen LogP contribution in [0.1, 0.15) is 32.8 Å². The van der Waals surface area contributed by atoms with E-state index in [0.29, 0.717) is 6.54 Å². The van der Waals surface area contributed by atoms with Crippen molar-refractivity contribution in [3.8, 4) is 0 Å². The fraction of sp³-hybridized carbons (Fsp3) is 0.312. The van der Waals surface area contributed by atoms with Crippen LogP contribution in [-0.4, -0.2) is 21.4 Å². The van der Waals surface area contributed by atoms with Crippen molar-refractivity contribution in [1.82, 2.24) is 15.4 Å². The van der Waals surface area contributed by atoms with Crippen molar-refractivity contribution < 1.29 is 17.6 Å². The first-order chi connectivity index (χ1) is 11.4. The molecular weight excluding hydrogens is 330 g/mol. The molecular formula is C16H19N3O4S. The predicted octanol–water partition coefficient (Wildman–Crippen LogP) is 1.03. The lowest BCUT2D eigenvalue weighted by Gasteiger charge is -2.06. The number of benzene rings is 1. The number of aryl methyl sites for hydroxylation is 1. The summed E-state index contributed by atoms with van der Waals surface area (Å²) in [5, 5.41) is 5.80. The van der Waals surface area contributed by atoms with Crippen molar-refractivity contribution in [3.63, 3.8) is 0 Å². The third-order valence-electron chi connectivity index (χ3n) is 4.03. The van der Waals surface area contributed by atoms with E-state index in [1.54, 1.807) is 6.92 Å². The molecule has 24 heavy (non-hydrogen) atoms. The Kier molecular flexibility index (Phi) is 4.44. The van der Waals surface area contributed by atoms with E-state index in [9.17, 15) is 13.2 Å². The summed E-state index contributed by atoms with van der Waals surface area (Å²) in [6, 6.07) is 7.33. The van der Waals surface area contributed by atoms with E-state index in [2.05, 4.69) is 27.5 Å². The molecule has 2 aromatic rings. The van der Waals surface area contributed by atoms with Crippen LogP contribution in [0.2, 0.25) is 0 Å². The van der Waals surface area contributed by atoms with Crippen LogP contribution in [0, 0.1) is 6.92 Å². The van der Waals surface area contributed by atoms with Crippen molar-refractivity contribution in [2.75, 3.05) is 7.05 Å². The minimum atomic E-state index is -3.71. The van der Waals surface area contributed by atoms with Crippen LogP contribution in [0.3, 0.4) is 0 Å². The van der Waals surface area contributed by atoms with Gasteiger partial charge in [-0.25, -0.2) is 13.1 Å². The van der Waals surface area contributed by atoms with E-state index < -0.39 is 10.0 Å². The molecule has 0 aliphatic carbocycles. The number of rotatable bonds is 5. The van der Waals surface area contributed by atoms with E-state index in [0.717, 1.165) is 18.7 Å². The summed E-state index contributed by atoms with van der Waals surface area (Å²) in [4.78, 5) is 12.3. The van der Waals surface area contributed by atoms with Crippen molar-refractivity contribution in [1.29, 1.82) is 0 Å². The molecule has 1 aromatic carbocycles. The normalized spacial score (nSPS) is 13.8. The molecule has 8 heteroatoms. The second-order valence-corrected chi connectivity index (χ2v) is 7.45. The zero-order valence-electron chi connectivity index (χ0n) is 13.5. The van der Waals surface area contributed by atoms with E-state index in [-0.39, 0.29) is 22.3 Å². The van der Waals surface area contributed by atoms with Crippen LogP contribution in [0.15, 0.2) is 33.8 Å². The number of nitrogens with one attached hydrogen (secondary N) is 3. The first-order valence-electron chi connectivity index (χ1n) is 7.54. The maximum atomic E-state index is 12.3. The van der Waals surface area contributed by atoms with Crippen LogP contribution < -0.4 is 15.4 Å². The van der Waals surface area contributed by atoms with Gasteiger partial charge in [-0.3, -0.25) is 4.79 Å². The number of hydrogen-bond acceptors (Lipinski definition) is 5. The van der Waals surface area contributed by atoms with Crippen molar-refractivity contribution in [3.05, 3.63) is 52.3 Å². The van der Waals surface area contributed by atoms with Gasteiger partial charge in [0, 0.05) is 25.7 Å². The lowest BCUT2D eigenvalue weighted by Crippen LogP contribution is -2.23. The Bertz CT molecular complexity index is 887. The Balaban J connectivity index is 1.71. The average Bonchev–Trinajstić information content (AvgIpc) is 3.18. The summed E-state index contributed by atoms with van der Waals surface area (Å²) in [5.74, 6) is -0.105. The highest BCUT2D eigenvalue weighted by atomic mass is 32.2. The van der Waals surface area contributed by atoms with Gasteiger partial charge in [0.15, 0.2) is 0 Å². The largest absolute Gasteiger partial charge is 0.448 e. The van der Waals surface area contributed by atoms with Gasteiger partial charge in [0.2, 0.25) is 5.09 Å². The van der Waals surface area contributed by atoms with Crippen LogP contribution in [-0.2, 0) is 29.7 Å². The van der Waals surface area contributed by atoms with E-state index in [1.165, 1.54) is 24.2 Å². The van der Waals surface area contributed by atoms with E-state index in [1.807, 2.05) is 6.07 Å². The second-order valence-electron chi connectivity index (χ2n) is 5.63. The molecule has 1 aliphatic heterocycles. The molecule has 0 saturated heterocycles. The molecule has 1 amide bonds. The first-order valence-corrected chi connectivity index (χ1v) is 9.02. The lowest BCUT2D eigenvalue weighted by atomic mass is 10.1. The Labute approximate surface area is 140 Å². The highest BCUT2D eigenvalue weighted by molar-refractivity contribution is 7.89. The van der Waals surface area contributed by atoms with Gasteiger partial charge in [-0.05, 0) is 30.7 Å². The summed E-state index contributed by atoms with van der Waals surface area (Å²) >= 11 is 0. The zero-order valence-corrected chi connectivity index (χ0v) is 14.3. The summed E-state index contributed by atoms with van der Waals surface area (Å²) in [7, 11) is -2.42. The maximum absolute atomic E-state index is 12.3. The van der Waals surface area contributed by atoms with Crippen molar-refractivity contribution in [2.45, 2.75) is 31.7 Å². The van der Waals surface area contributed by atoms with E-state index in [4.69, 9.17) is 4.42 Å². The molecule has 1 aromatic heterocycles. The molecule has 0 bridgehead atoms. The molecule has 0 radical (unpaired) electrons. The van der Waals surface area contributed by atoms with Gasteiger partial charge in [-0.2, -0.15) is 0 Å². The lowest BCUT2D eigenvalue weighted by molar-refractivity contribution is 0.0949. The SMILES string of the molecule is CNS(=O)(=O)c1cc(C(=O)NCc2ccc3c(c2)CNC3)c(C)o1. The Morgan fingerprint density at radius 1 is 1.25 bits per heavy atom. The fourth-order valence-corrected chi connectivity index (χ4v) is 3.36. The van der Waals surface area contributed by atoms with Crippen LogP contribution >= 0.6 is 0 Å². The standard InChI is InChI=1S/C16H19N3O4S/c1-10-14(6-15(23-10)24(21,22)17-2)16(20)19-7-11-3-4-12-8-18-9-13(12)5-11/h3-6,17-18H,7-9H2,1-2H3,(H,19,20). The van der Waals surface area contributed by atoms with Crippen molar-refractivity contribution in [2.24, 2.45) is 0 Å². The quantitative estimate of drug-likeness (QED) is 0.748. The second kappa shape index (κ2) is 6.39. The van der Waals surface area contributed by atoms with Gasteiger partial charge in [-0.15, -0.1) is 0 Å². The first kappa shape index (κ1) is 16.7. The molecule has 0 atom stereocenters. The smallest absolute Gasteiger partial charge is 0.273 e. The average molecular weight is 349 g/mol. The summed E-state index contributed by atoms with van der Waals surface area (Å²) in [6.07, 6.45) is 0. The number of amides is 1. The third kappa shape index (κ3) is 3.21. The van der Waals surface area contributed by atoms with Gasteiger partial charge in [0.25, 0.3) is 15.9 Å². The molecule has 7 nitrogen and oxygen atoms in total. The number of fused-ring (bicyclic) bond motifs is 1. The zero-order chi connectivity index (χ0) is 17.3. The summed E-state index contributed by atoms with van der Waals surface area (Å²) in [6.45, 7) is 3.64. The fourth-order valence-electron chi connectivity index (χ4n) is 2.65. The highest BCUT2D eigenvalue weighted by Crippen LogP contribution is 2.20. The molecule has 3 N–H and O–H groups in total. The maximum Gasteiger partial charge on any atom is 0.273 e. The van der Waals surface area contributed by atoms with Crippen LogP contribution in [0.5, 0.6) is 0 Å². The number of furan rings is 1. The monoisotopic (exact) mass is 349 g/mol. The van der Waals surface area contributed by atoms with Gasteiger partial charge >= 0.3 is 0 Å². The number of carbonyl (C=O) groups excluding carboxylic acids is 1. The number of hydrogen-bond donors (Lipinski definition) is 3. The minimum absolute atomic E-state index is 0.214. The molecule has 3 rings (SSSR count). The Hall–Kier alpha value is -2.16. The van der Waals surface area contributed by atoms with E-state index >= 15 is 0 Å². The predicted molar refractivity (Wildman–Crippen MR) is 87.8 cm³/mol. The molecule has 0 unspecified atom stereocenters. The number of sulfonamides is 1. The van der Waals surface area contributed by atoms with Crippen molar-refractivity contribution >= 4 is 15.9 Å². The molecule has 128 valence electrons. The third-order valence-corrected chi connectivity index (χ3v) is 5.30.